The number of ether oxygens (including phenoxy) is 3. The number of anilines is 1. The predicted molar refractivity (Wildman–Crippen MR) is 159 cm³/mol. The lowest BCUT2D eigenvalue weighted by atomic mass is 10.0. The number of benzene rings is 3. The van der Waals surface area contributed by atoms with Crippen LogP contribution in [-0.2, 0) is 22.6 Å². The molecule has 1 fully saturated rings. The van der Waals surface area contributed by atoms with E-state index in [1.807, 2.05) is 6.92 Å². The molecule has 11 heteroatoms. The van der Waals surface area contributed by atoms with Gasteiger partial charge in [0.2, 0.25) is 5.91 Å². The summed E-state index contributed by atoms with van der Waals surface area (Å²) >= 11 is 0. The van der Waals surface area contributed by atoms with Gasteiger partial charge < -0.3 is 30.0 Å². The maximum Gasteiger partial charge on any atom is 0.335 e. The van der Waals surface area contributed by atoms with Gasteiger partial charge in [-0.3, -0.25) is 9.59 Å². The molecule has 3 N–H and O–H groups in total. The number of carbonyl (C=O) groups is 4. The molecule has 0 saturated carbocycles. The van der Waals surface area contributed by atoms with E-state index in [9.17, 15) is 19.2 Å². The molecule has 43 heavy (non-hydrogen) atoms. The Morgan fingerprint density at radius 3 is 2.47 bits per heavy atom. The quantitative estimate of drug-likeness (QED) is 0.150. The van der Waals surface area contributed by atoms with Gasteiger partial charge in [-0.1, -0.05) is 30.3 Å². The van der Waals surface area contributed by atoms with Crippen LogP contribution in [0.15, 0.2) is 79.0 Å². The Balaban J connectivity index is 1.54. The summed E-state index contributed by atoms with van der Waals surface area (Å²) in [5.41, 5.74) is 2.62. The number of carboxylic acid groups (broad SMARTS) is 1. The van der Waals surface area contributed by atoms with Crippen LogP contribution in [0, 0.1) is 0 Å². The number of para-hydroxylation sites is 2. The van der Waals surface area contributed by atoms with Gasteiger partial charge in [-0.05, 0) is 66.9 Å². The first-order valence-electron chi connectivity index (χ1n) is 13.4. The standard InChI is InChI=1S/C32H31N3O8/c1-4-8-23-15-21(17-27(42-5-2)29(23)43-19-20-11-13-22(14-12-20)31(38)39)16-25-30(37)35(32(40)34-25)18-28(36)33-24-9-6-7-10-26(24)41-3/h4,6-7,9-17H,1,5,8,18-19H2,2-3H3,(H,33,36)(H,34,40)(H,38,39)/b25-16+. The number of amides is 4. The van der Waals surface area contributed by atoms with E-state index in [1.165, 1.54) is 25.3 Å². The van der Waals surface area contributed by atoms with Crippen molar-refractivity contribution in [1.82, 2.24) is 10.2 Å². The highest BCUT2D eigenvalue weighted by molar-refractivity contribution is 6.16. The largest absolute Gasteiger partial charge is 0.495 e. The lowest BCUT2D eigenvalue weighted by Crippen LogP contribution is -2.38. The molecule has 0 atom stereocenters. The Hall–Kier alpha value is -5.58. The summed E-state index contributed by atoms with van der Waals surface area (Å²) in [4.78, 5) is 50.3. The van der Waals surface area contributed by atoms with E-state index in [4.69, 9.17) is 19.3 Å². The number of aromatic carboxylic acids is 1. The molecular formula is C32H31N3O8. The Morgan fingerprint density at radius 2 is 1.79 bits per heavy atom. The molecule has 1 aliphatic rings. The van der Waals surface area contributed by atoms with Gasteiger partial charge in [0.1, 0.15) is 24.6 Å². The number of carbonyl (C=O) groups excluding carboxylic acids is 3. The Labute approximate surface area is 248 Å². The average Bonchev–Trinajstić information content (AvgIpc) is 3.24. The van der Waals surface area contributed by atoms with Crippen molar-refractivity contribution >= 4 is 35.6 Å². The van der Waals surface area contributed by atoms with E-state index in [0.29, 0.717) is 41.5 Å². The summed E-state index contributed by atoms with van der Waals surface area (Å²) < 4.78 is 17.2. The van der Waals surface area contributed by atoms with Crippen molar-refractivity contribution in [1.29, 1.82) is 0 Å². The Kier molecular flexibility index (Phi) is 9.79. The molecule has 0 radical (unpaired) electrons. The van der Waals surface area contributed by atoms with Gasteiger partial charge >= 0.3 is 12.0 Å². The first kappa shape index (κ1) is 30.4. The second-order valence-electron chi connectivity index (χ2n) is 9.35. The first-order valence-corrected chi connectivity index (χ1v) is 13.4. The third-order valence-electron chi connectivity index (χ3n) is 6.36. The van der Waals surface area contributed by atoms with Crippen LogP contribution in [-0.4, -0.2) is 54.1 Å². The number of nitrogens with zero attached hydrogens (tertiary/aromatic N) is 1. The number of methoxy groups -OCH3 is 1. The number of nitrogens with one attached hydrogen (secondary N) is 2. The zero-order valence-electron chi connectivity index (χ0n) is 23.7. The zero-order valence-corrected chi connectivity index (χ0v) is 23.7. The van der Waals surface area contributed by atoms with Crippen LogP contribution in [0.3, 0.4) is 0 Å². The third-order valence-corrected chi connectivity index (χ3v) is 6.36. The highest BCUT2D eigenvalue weighted by Gasteiger charge is 2.35. The first-order chi connectivity index (χ1) is 20.7. The maximum atomic E-state index is 13.1. The average molecular weight is 586 g/mol. The minimum atomic E-state index is -1.01. The molecule has 1 heterocycles. The summed E-state index contributed by atoms with van der Waals surface area (Å²) in [5.74, 6) is -0.907. The molecule has 3 aromatic rings. The number of allylic oxidation sites excluding steroid dienone is 1. The fourth-order valence-electron chi connectivity index (χ4n) is 4.36. The summed E-state index contributed by atoms with van der Waals surface area (Å²) in [6, 6.07) is 15.9. The second-order valence-corrected chi connectivity index (χ2v) is 9.35. The number of rotatable bonds is 13. The molecule has 0 spiro atoms. The number of carboxylic acids is 1. The number of hydrogen-bond acceptors (Lipinski definition) is 7. The second kappa shape index (κ2) is 13.9. The van der Waals surface area contributed by atoms with Gasteiger partial charge in [-0.25, -0.2) is 14.5 Å². The Bertz CT molecular complexity index is 1580. The fraction of sp³-hybridized carbons (Fsp3) is 0.188. The van der Waals surface area contributed by atoms with Crippen LogP contribution in [0.2, 0.25) is 0 Å². The fourth-order valence-corrected chi connectivity index (χ4v) is 4.36. The van der Waals surface area contributed by atoms with Crippen molar-refractivity contribution in [3.63, 3.8) is 0 Å². The topological polar surface area (TPSA) is 144 Å². The number of urea groups is 1. The van der Waals surface area contributed by atoms with Crippen molar-refractivity contribution < 1.29 is 38.5 Å². The zero-order chi connectivity index (χ0) is 30.9. The van der Waals surface area contributed by atoms with Crippen LogP contribution < -0.4 is 24.8 Å². The molecule has 4 amide bonds. The highest BCUT2D eigenvalue weighted by atomic mass is 16.5. The van der Waals surface area contributed by atoms with Gasteiger partial charge in [-0.2, -0.15) is 0 Å². The number of hydrogen-bond donors (Lipinski definition) is 3. The van der Waals surface area contributed by atoms with E-state index in [-0.39, 0.29) is 17.9 Å². The van der Waals surface area contributed by atoms with Crippen LogP contribution in [0.5, 0.6) is 17.2 Å². The van der Waals surface area contributed by atoms with Crippen LogP contribution in [0.4, 0.5) is 10.5 Å². The van der Waals surface area contributed by atoms with Crippen LogP contribution >= 0.6 is 0 Å². The molecule has 0 aliphatic carbocycles. The minimum Gasteiger partial charge on any atom is -0.495 e. The van der Waals surface area contributed by atoms with Crippen molar-refractivity contribution in [2.24, 2.45) is 0 Å². The predicted octanol–water partition coefficient (Wildman–Crippen LogP) is 4.63. The van der Waals surface area contributed by atoms with Gasteiger partial charge in [0, 0.05) is 5.56 Å². The monoisotopic (exact) mass is 585 g/mol. The smallest absolute Gasteiger partial charge is 0.335 e. The Morgan fingerprint density at radius 1 is 1.05 bits per heavy atom. The SMILES string of the molecule is C=CCc1cc(/C=C2/NC(=O)N(CC(=O)Nc3ccccc3OC)C2=O)cc(OCC)c1OCc1ccc(C(=O)O)cc1. The maximum absolute atomic E-state index is 13.1. The lowest BCUT2D eigenvalue weighted by molar-refractivity contribution is -0.127. The van der Waals surface area contributed by atoms with E-state index < -0.39 is 30.4 Å². The van der Waals surface area contributed by atoms with Gasteiger partial charge in [0.15, 0.2) is 11.5 Å². The summed E-state index contributed by atoms with van der Waals surface area (Å²) in [6.07, 6.45) is 3.61. The van der Waals surface area contributed by atoms with E-state index in [0.717, 1.165) is 16.0 Å². The van der Waals surface area contributed by atoms with Crippen LogP contribution in [0.1, 0.15) is 34.0 Å². The third kappa shape index (κ3) is 7.39. The molecule has 0 bridgehead atoms. The lowest BCUT2D eigenvalue weighted by Gasteiger charge is -2.17. The molecule has 222 valence electrons. The molecule has 1 aliphatic heterocycles. The van der Waals surface area contributed by atoms with Crippen molar-refractivity contribution in [2.45, 2.75) is 20.0 Å². The van der Waals surface area contributed by atoms with Crippen molar-refractivity contribution in [3.8, 4) is 17.2 Å². The summed E-state index contributed by atoms with van der Waals surface area (Å²) in [6.45, 7) is 5.64. The van der Waals surface area contributed by atoms with Crippen molar-refractivity contribution in [2.75, 3.05) is 25.6 Å². The molecule has 1 saturated heterocycles. The molecule has 11 nitrogen and oxygen atoms in total. The van der Waals surface area contributed by atoms with Crippen LogP contribution in [0.25, 0.3) is 6.08 Å². The van der Waals surface area contributed by atoms with Gasteiger partial charge in [0.25, 0.3) is 5.91 Å². The molecule has 0 unspecified atom stereocenters. The summed E-state index contributed by atoms with van der Waals surface area (Å²) in [7, 11) is 1.47. The summed E-state index contributed by atoms with van der Waals surface area (Å²) in [5, 5.41) is 14.3. The van der Waals surface area contributed by atoms with Gasteiger partial charge in [0.05, 0.1) is 25.0 Å². The minimum absolute atomic E-state index is 0.00529. The molecular weight excluding hydrogens is 554 g/mol. The number of imide groups is 1. The normalized spacial score (nSPS) is 13.4. The molecule has 3 aromatic carbocycles. The molecule has 0 aromatic heterocycles. The molecule has 4 rings (SSSR count). The highest BCUT2D eigenvalue weighted by Crippen LogP contribution is 2.35. The van der Waals surface area contributed by atoms with Gasteiger partial charge in [-0.15, -0.1) is 6.58 Å². The van der Waals surface area contributed by atoms with E-state index >= 15 is 0 Å². The van der Waals surface area contributed by atoms with E-state index in [2.05, 4.69) is 17.2 Å². The van der Waals surface area contributed by atoms with E-state index in [1.54, 1.807) is 54.6 Å². The van der Waals surface area contributed by atoms with Crippen molar-refractivity contribution in [3.05, 3.63) is 101 Å².